The van der Waals surface area contributed by atoms with Crippen LogP contribution in [-0.4, -0.2) is 53.8 Å². The molecule has 0 aromatic heterocycles. The molecule has 1 N–H and O–H groups in total. The lowest BCUT2D eigenvalue weighted by molar-refractivity contribution is -0.139. The number of halogens is 1. The van der Waals surface area contributed by atoms with Gasteiger partial charge < -0.3 is 10.2 Å². The fourth-order valence-corrected chi connectivity index (χ4v) is 3.55. The third-order valence-electron chi connectivity index (χ3n) is 5.16. The highest BCUT2D eigenvalue weighted by atomic mass is 19.1. The summed E-state index contributed by atoms with van der Waals surface area (Å²) in [4.78, 5) is 28.8. The summed E-state index contributed by atoms with van der Waals surface area (Å²) < 4.78 is 13.2. The number of nitrogens with one attached hydrogen (secondary N) is 1. The monoisotopic (exact) mass is 363 g/mol. The number of rotatable bonds is 7. The average Bonchev–Trinajstić information content (AvgIpc) is 2.62. The van der Waals surface area contributed by atoms with E-state index >= 15 is 0 Å². The first-order valence-corrected chi connectivity index (χ1v) is 9.48. The van der Waals surface area contributed by atoms with Gasteiger partial charge in [0.2, 0.25) is 11.8 Å². The summed E-state index contributed by atoms with van der Waals surface area (Å²) in [6.07, 6.45) is 5.73. The van der Waals surface area contributed by atoms with E-state index in [4.69, 9.17) is 0 Å². The second-order valence-corrected chi connectivity index (χ2v) is 7.07. The molecular formula is C20H30FN3O2. The van der Waals surface area contributed by atoms with Crippen LogP contribution >= 0.6 is 0 Å². The smallest absolute Gasteiger partial charge is 0.239 e. The highest BCUT2D eigenvalue weighted by Crippen LogP contribution is 2.23. The largest absolute Gasteiger partial charge is 0.339 e. The highest BCUT2D eigenvalue weighted by Gasteiger charge is 2.29. The molecule has 2 amide bonds. The van der Waals surface area contributed by atoms with Crippen molar-refractivity contribution in [1.29, 1.82) is 0 Å². The molecule has 1 aromatic carbocycles. The van der Waals surface area contributed by atoms with Crippen LogP contribution in [0.3, 0.4) is 0 Å². The van der Waals surface area contributed by atoms with Gasteiger partial charge in [0.25, 0.3) is 0 Å². The first kappa shape index (κ1) is 20.4. The van der Waals surface area contributed by atoms with Crippen molar-refractivity contribution in [3.8, 4) is 0 Å². The molecule has 1 fully saturated rings. The van der Waals surface area contributed by atoms with Gasteiger partial charge in [0.05, 0.1) is 12.6 Å². The fraction of sp³-hybridized carbons (Fsp3) is 0.600. The van der Waals surface area contributed by atoms with E-state index in [1.807, 2.05) is 18.7 Å². The number of benzene rings is 1. The minimum absolute atomic E-state index is 0.0699. The number of hydrogen-bond donors (Lipinski definition) is 1. The lowest BCUT2D eigenvalue weighted by Gasteiger charge is -2.37. The van der Waals surface area contributed by atoms with E-state index < -0.39 is 5.82 Å². The van der Waals surface area contributed by atoms with Crippen LogP contribution in [0.4, 0.5) is 10.1 Å². The molecule has 0 radical (unpaired) electrons. The van der Waals surface area contributed by atoms with Crippen LogP contribution in [0, 0.1) is 5.82 Å². The number of likely N-dealkylation sites (N-methyl/N-ethyl adjacent to an activating group) is 2. The van der Waals surface area contributed by atoms with E-state index in [0.29, 0.717) is 18.3 Å². The van der Waals surface area contributed by atoms with Crippen LogP contribution in [0.1, 0.15) is 46.0 Å². The van der Waals surface area contributed by atoms with Gasteiger partial charge in [-0.1, -0.05) is 25.3 Å². The summed E-state index contributed by atoms with van der Waals surface area (Å²) in [5.74, 6) is -0.593. The second-order valence-electron chi connectivity index (χ2n) is 7.07. The summed E-state index contributed by atoms with van der Waals surface area (Å²) in [6.45, 7) is 4.61. The van der Waals surface area contributed by atoms with Crippen molar-refractivity contribution < 1.29 is 14.0 Å². The van der Waals surface area contributed by atoms with Gasteiger partial charge in [0, 0.05) is 18.3 Å². The van der Waals surface area contributed by atoms with Crippen molar-refractivity contribution in [3.05, 3.63) is 30.1 Å². The van der Waals surface area contributed by atoms with Gasteiger partial charge in [0.15, 0.2) is 0 Å². The van der Waals surface area contributed by atoms with Crippen molar-refractivity contribution in [1.82, 2.24) is 9.80 Å². The van der Waals surface area contributed by atoms with Crippen LogP contribution in [-0.2, 0) is 9.59 Å². The molecule has 1 unspecified atom stereocenters. The average molecular weight is 363 g/mol. The molecule has 0 saturated heterocycles. The SMILES string of the molecule is CCN(C(=O)C(C)N(C)CC(=O)Nc1cccc(F)c1)C1CCCCC1. The van der Waals surface area contributed by atoms with E-state index in [0.717, 1.165) is 12.8 Å². The molecule has 144 valence electrons. The van der Waals surface area contributed by atoms with Gasteiger partial charge >= 0.3 is 0 Å². The quantitative estimate of drug-likeness (QED) is 0.809. The Morgan fingerprint density at radius 2 is 1.96 bits per heavy atom. The first-order valence-electron chi connectivity index (χ1n) is 9.48. The number of amides is 2. The van der Waals surface area contributed by atoms with Gasteiger partial charge in [-0.2, -0.15) is 0 Å². The molecule has 0 heterocycles. The van der Waals surface area contributed by atoms with Crippen molar-refractivity contribution in [2.45, 2.75) is 58.0 Å². The Balaban J connectivity index is 1.91. The van der Waals surface area contributed by atoms with E-state index in [1.54, 1.807) is 24.1 Å². The summed E-state index contributed by atoms with van der Waals surface area (Å²) in [6, 6.07) is 5.72. The molecule has 1 saturated carbocycles. The lowest BCUT2D eigenvalue weighted by Crippen LogP contribution is -2.51. The minimum Gasteiger partial charge on any atom is -0.339 e. The predicted octanol–water partition coefficient (Wildman–Crippen LogP) is 3.27. The number of carbonyl (C=O) groups is 2. The summed E-state index contributed by atoms with van der Waals surface area (Å²) in [5, 5.41) is 2.67. The number of hydrogen-bond acceptors (Lipinski definition) is 3. The third-order valence-corrected chi connectivity index (χ3v) is 5.16. The molecule has 0 bridgehead atoms. The molecule has 0 aliphatic heterocycles. The van der Waals surface area contributed by atoms with Crippen LogP contribution < -0.4 is 5.32 Å². The number of carbonyl (C=O) groups excluding carboxylic acids is 2. The van der Waals surface area contributed by atoms with Crippen LogP contribution in [0.25, 0.3) is 0 Å². The number of anilines is 1. The van der Waals surface area contributed by atoms with Gasteiger partial charge in [-0.3, -0.25) is 14.5 Å². The van der Waals surface area contributed by atoms with Crippen molar-refractivity contribution in [2.75, 3.05) is 25.5 Å². The van der Waals surface area contributed by atoms with E-state index in [-0.39, 0.29) is 24.4 Å². The summed E-state index contributed by atoms with van der Waals surface area (Å²) in [7, 11) is 1.77. The lowest BCUT2D eigenvalue weighted by atomic mass is 9.93. The Morgan fingerprint density at radius 1 is 1.27 bits per heavy atom. The Morgan fingerprint density at radius 3 is 2.58 bits per heavy atom. The maximum Gasteiger partial charge on any atom is 0.239 e. The zero-order chi connectivity index (χ0) is 19.1. The fourth-order valence-electron chi connectivity index (χ4n) is 3.55. The number of nitrogens with zero attached hydrogens (tertiary/aromatic N) is 2. The molecule has 0 spiro atoms. The molecular weight excluding hydrogens is 333 g/mol. The van der Waals surface area contributed by atoms with Crippen molar-refractivity contribution in [2.24, 2.45) is 0 Å². The highest BCUT2D eigenvalue weighted by molar-refractivity contribution is 5.92. The molecule has 1 aliphatic carbocycles. The predicted molar refractivity (Wildman–Crippen MR) is 101 cm³/mol. The van der Waals surface area contributed by atoms with Gasteiger partial charge in [-0.05, 0) is 51.9 Å². The van der Waals surface area contributed by atoms with Gasteiger partial charge in [-0.25, -0.2) is 4.39 Å². The molecule has 26 heavy (non-hydrogen) atoms. The molecule has 1 aliphatic rings. The minimum atomic E-state index is -0.397. The van der Waals surface area contributed by atoms with Crippen LogP contribution in [0.15, 0.2) is 24.3 Å². The van der Waals surface area contributed by atoms with Gasteiger partial charge in [0.1, 0.15) is 5.82 Å². The maximum absolute atomic E-state index is 13.2. The van der Waals surface area contributed by atoms with Crippen LogP contribution in [0.2, 0.25) is 0 Å². The molecule has 5 nitrogen and oxygen atoms in total. The first-order chi connectivity index (χ1) is 12.4. The molecule has 1 atom stereocenters. The second kappa shape index (κ2) is 9.67. The van der Waals surface area contributed by atoms with Crippen LogP contribution in [0.5, 0.6) is 0 Å². The Kier molecular flexibility index (Phi) is 7.57. The van der Waals surface area contributed by atoms with E-state index in [1.165, 1.54) is 31.4 Å². The van der Waals surface area contributed by atoms with Gasteiger partial charge in [-0.15, -0.1) is 0 Å². The Hall–Kier alpha value is -1.95. The van der Waals surface area contributed by atoms with E-state index in [9.17, 15) is 14.0 Å². The normalized spacial score (nSPS) is 16.3. The third kappa shape index (κ3) is 5.53. The van der Waals surface area contributed by atoms with Crippen molar-refractivity contribution >= 4 is 17.5 Å². The zero-order valence-corrected chi connectivity index (χ0v) is 16.0. The maximum atomic E-state index is 13.2. The summed E-state index contributed by atoms with van der Waals surface area (Å²) in [5.41, 5.74) is 0.416. The van der Waals surface area contributed by atoms with Crippen molar-refractivity contribution in [3.63, 3.8) is 0 Å². The standard InChI is InChI=1S/C20H30FN3O2/c1-4-24(18-11-6-5-7-12-18)20(26)15(2)23(3)14-19(25)22-17-10-8-9-16(21)13-17/h8-10,13,15,18H,4-7,11-12,14H2,1-3H3,(H,22,25). The Bertz CT molecular complexity index is 617. The zero-order valence-electron chi connectivity index (χ0n) is 16.0. The van der Waals surface area contributed by atoms with E-state index in [2.05, 4.69) is 5.32 Å². The topological polar surface area (TPSA) is 52.7 Å². The molecule has 6 heteroatoms. The molecule has 1 aromatic rings. The molecule has 2 rings (SSSR count). The summed E-state index contributed by atoms with van der Waals surface area (Å²) >= 11 is 0. The Labute approximate surface area is 155 Å².